The number of carbonyl (C=O) groups is 1. The van der Waals surface area contributed by atoms with Gasteiger partial charge in [-0.3, -0.25) is 10.00 Å². The Balaban J connectivity index is 1.88. The third-order valence-electron chi connectivity index (χ3n) is 3.42. The van der Waals surface area contributed by atoms with Crippen LogP contribution in [0.2, 0.25) is 0 Å². The summed E-state index contributed by atoms with van der Waals surface area (Å²) in [5.41, 5.74) is 0. The molecular weight excluding hydrogens is 258 g/mol. The summed E-state index contributed by atoms with van der Waals surface area (Å²) in [6.07, 6.45) is 3.13. The summed E-state index contributed by atoms with van der Waals surface area (Å²) in [5.74, 6) is 1.12. The second-order valence-electron chi connectivity index (χ2n) is 5.12. The zero-order chi connectivity index (χ0) is 14.5. The average Bonchev–Trinajstić information content (AvgIpc) is 2.75. The molecule has 0 spiro atoms. The molecule has 1 saturated heterocycles. The first-order valence-electron chi connectivity index (χ1n) is 7.15. The van der Waals surface area contributed by atoms with Crippen LogP contribution in [-0.4, -0.2) is 51.5 Å². The van der Waals surface area contributed by atoms with Crippen LogP contribution in [0.3, 0.4) is 0 Å². The first-order valence-corrected chi connectivity index (χ1v) is 7.15. The number of hydrogen-bond acceptors (Lipinski definition) is 4. The molecule has 20 heavy (non-hydrogen) atoms. The molecule has 0 unspecified atom stereocenters. The number of rotatable bonds is 4. The highest BCUT2D eigenvalue weighted by Crippen LogP contribution is 2.14. The predicted octanol–water partition coefficient (Wildman–Crippen LogP) is 1.55. The molecular formula is C13H23N5O2. The molecule has 0 aromatic carbocycles. The number of aromatic nitrogens is 3. The number of amides is 2. The number of carbonyl (C=O) groups excluding carboxylic acids is 1. The fourth-order valence-electron chi connectivity index (χ4n) is 2.23. The summed E-state index contributed by atoms with van der Waals surface area (Å²) in [7, 11) is 1.80. The first kappa shape index (κ1) is 14.8. The van der Waals surface area contributed by atoms with E-state index < -0.39 is 0 Å². The van der Waals surface area contributed by atoms with Crippen LogP contribution < -0.4 is 5.32 Å². The number of aryl methyl sites for hydroxylation is 2. The summed E-state index contributed by atoms with van der Waals surface area (Å²) in [6.45, 7) is 6.07. The highest BCUT2D eigenvalue weighted by Gasteiger charge is 2.24. The zero-order valence-corrected chi connectivity index (χ0v) is 12.4. The molecule has 0 radical (unpaired) electrons. The molecule has 1 fully saturated rings. The number of hydrogen-bond donors (Lipinski definition) is 1. The summed E-state index contributed by atoms with van der Waals surface area (Å²) in [5, 5.41) is 6.87. The number of anilines is 1. The maximum Gasteiger partial charge on any atom is 0.324 e. The van der Waals surface area contributed by atoms with Crippen molar-refractivity contribution in [3.8, 4) is 0 Å². The maximum atomic E-state index is 12.2. The Bertz CT molecular complexity index is 440. The third-order valence-corrected chi connectivity index (χ3v) is 3.42. The number of ether oxygens (including phenoxy) is 1. The maximum absolute atomic E-state index is 12.2. The van der Waals surface area contributed by atoms with Gasteiger partial charge in [0.1, 0.15) is 5.82 Å². The number of piperidine rings is 1. The van der Waals surface area contributed by atoms with Crippen molar-refractivity contribution in [3.05, 3.63) is 5.82 Å². The fraction of sp³-hybridized carbons (Fsp3) is 0.769. The minimum Gasteiger partial charge on any atom is -0.376 e. The Kier molecular flexibility index (Phi) is 4.94. The van der Waals surface area contributed by atoms with Crippen LogP contribution in [-0.2, 0) is 11.8 Å². The molecule has 2 amide bonds. The summed E-state index contributed by atoms with van der Waals surface area (Å²) < 4.78 is 7.37. The molecule has 1 aliphatic heterocycles. The monoisotopic (exact) mass is 281 g/mol. The van der Waals surface area contributed by atoms with Gasteiger partial charge in [-0.2, -0.15) is 4.98 Å². The van der Waals surface area contributed by atoms with Gasteiger partial charge in [-0.1, -0.05) is 6.92 Å². The molecule has 1 N–H and O–H groups in total. The highest BCUT2D eigenvalue weighted by molar-refractivity contribution is 5.87. The number of nitrogens with one attached hydrogen (secondary N) is 1. The lowest BCUT2D eigenvalue weighted by Gasteiger charge is -2.32. The van der Waals surface area contributed by atoms with Crippen LogP contribution in [0, 0.1) is 6.92 Å². The summed E-state index contributed by atoms with van der Waals surface area (Å²) >= 11 is 0. The van der Waals surface area contributed by atoms with Crippen molar-refractivity contribution in [1.82, 2.24) is 19.7 Å². The van der Waals surface area contributed by atoms with Gasteiger partial charge in [0.25, 0.3) is 0 Å². The molecule has 2 heterocycles. The number of urea groups is 1. The van der Waals surface area contributed by atoms with E-state index in [1.807, 2.05) is 6.92 Å². The van der Waals surface area contributed by atoms with E-state index in [0.29, 0.717) is 12.5 Å². The standard InChI is InChI=1S/C13H23N5O2/c1-4-8-20-11-6-5-7-18(9-11)13(19)15-12-14-10(2)17(3)16-12/h11H,4-9H2,1-3H3,(H,15,16,19)/t11-/m0/s1. The molecule has 1 aromatic rings. The molecule has 112 valence electrons. The van der Waals surface area contributed by atoms with Gasteiger partial charge in [0, 0.05) is 26.7 Å². The second kappa shape index (κ2) is 6.69. The van der Waals surface area contributed by atoms with Crippen LogP contribution in [0.1, 0.15) is 32.0 Å². The van der Waals surface area contributed by atoms with Gasteiger partial charge in [-0.25, -0.2) is 4.79 Å². The van der Waals surface area contributed by atoms with E-state index in [9.17, 15) is 4.79 Å². The van der Waals surface area contributed by atoms with Crippen molar-refractivity contribution in [2.24, 2.45) is 7.05 Å². The molecule has 1 aromatic heterocycles. The topological polar surface area (TPSA) is 72.3 Å². The van der Waals surface area contributed by atoms with E-state index in [0.717, 1.165) is 38.2 Å². The summed E-state index contributed by atoms with van der Waals surface area (Å²) in [6, 6.07) is -0.152. The van der Waals surface area contributed by atoms with E-state index in [-0.39, 0.29) is 12.1 Å². The Morgan fingerprint density at radius 3 is 3.00 bits per heavy atom. The van der Waals surface area contributed by atoms with Gasteiger partial charge < -0.3 is 9.64 Å². The third kappa shape index (κ3) is 3.69. The summed E-state index contributed by atoms with van der Waals surface area (Å²) in [4.78, 5) is 18.1. The minimum atomic E-state index is -0.152. The predicted molar refractivity (Wildman–Crippen MR) is 75.6 cm³/mol. The van der Waals surface area contributed by atoms with Crippen LogP contribution in [0.15, 0.2) is 0 Å². The molecule has 0 saturated carbocycles. The number of likely N-dealkylation sites (tertiary alicyclic amines) is 1. The normalized spacial score (nSPS) is 19.1. The lowest BCUT2D eigenvalue weighted by molar-refractivity contribution is 0.0115. The van der Waals surface area contributed by atoms with Gasteiger partial charge in [0.2, 0.25) is 5.95 Å². The second-order valence-corrected chi connectivity index (χ2v) is 5.12. The van der Waals surface area contributed by atoms with Gasteiger partial charge >= 0.3 is 6.03 Å². The van der Waals surface area contributed by atoms with Crippen LogP contribution >= 0.6 is 0 Å². The van der Waals surface area contributed by atoms with Crippen molar-refractivity contribution in [2.75, 3.05) is 25.0 Å². The number of nitrogens with zero attached hydrogens (tertiary/aromatic N) is 4. The molecule has 0 bridgehead atoms. The highest BCUT2D eigenvalue weighted by atomic mass is 16.5. The van der Waals surface area contributed by atoms with Crippen molar-refractivity contribution in [2.45, 2.75) is 39.2 Å². The van der Waals surface area contributed by atoms with Gasteiger partial charge in [-0.15, -0.1) is 5.10 Å². The molecule has 7 heteroatoms. The van der Waals surface area contributed by atoms with Gasteiger partial charge in [0.15, 0.2) is 0 Å². The quantitative estimate of drug-likeness (QED) is 0.908. The first-order chi connectivity index (χ1) is 9.60. The Morgan fingerprint density at radius 2 is 2.35 bits per heavy atom. The zero-order valence-electron chi connectivity index (χ0n) is 12.4. The minimum absolute atomic E-state index is 0.146. The van der Waals surface area contributed by atoms with Crippen molar-refractivity contribution in [3.63, 3.8) is 0 Å². The van der Waals surface area contributed by atoms with E-state index in [2.05, 4.69) is 22.3 Å². The molecule has 1 aliphatic rings. The fourth-order valence-corrected chi connectivity index (χ4v) is 2.23. The van der Waals surface area contributed by atoms with E-state index in [1.54, 1.807) is 16.6 Å². The lowest BCUT2D eigenvalue weighted by atomic mass is 10.1. The SMILES string of the molecule is CCCO[C@H]1CCCN(C(=O)Nc2nc(C)n(C)n2)C1. The van der Waals surface area contributed by atoms with Crippen LogP contribution in [0.4, 0.5) is 10.7 Å². The van der Waals surface area contributed by atoms with Crippen molar-refractivity contribution in [1.29, 1.82) is 0 Å². The van der Waals surface area contributed by atoms with Gasteiger partial charge in [0.05, 0.1) is 6.10 Å². The van der Waals surface area contributed by atoms with Crippen LogP contribution in [0.5, 0.6) is 0 Å². The Hall–Kier alpha value is -1.63. The largest absolute Gasteiger partial charge is 0.376 e. The average molecular weight is 281 g/mol. The van der Waals surface area contributed by atoms with Crippen LogP contribution in [0.25, 0.3) is 0 Å². The van der Waals surface area contributed by atoms with E-state index in [4.69, 9.17) is 4.74 Å². The molecule has 7 nitrogen and oxygen atoms in total. The smallest absolute Gasteiger partial charge is 0.324 e. The van der Waals surface area contributed by atoms with Gasteiger partial charge in [-0.05, 0) is 26.2 Å². The molecule has 1 atom stereocenters. The van der Waals surface area contributed by atoms with E-state index >= 15 is 0 Å². The lowest BCUT2D eigenvalue weighted by Crippen LogP contribution is -2.45. The van der Waals surface area contributed by atoms with Crippen molar-refractivity contribution < 1.29 is 9.53 Å². The Morgan fingerprint density at radius 1 is 1.55 bits per heavy atom. The van der Waals surface area contributed by atoms with E-state index in [1.165, 1.54) is 0 Å². The Labute approximate surface area is 119 Å². The molecule has 2 rings (SSSR count). The van der Waals surface area contributed by atoms with Crippen molar-refractivity contribution >= 4 is 12.0 Å². The molecule has 0 aliphatic carbocycles.